The van der Waals surface area contributed by atoms with Crippen LogP contribution in [0, 0.1) is 5.92 Å². The van der Waals surface area contributed by atoms with Gasteiger partial charge >= 0.3 is 0 Å². The number of aromatic amines is 1. The number of fused-ring (bicyclic) bond motifs is 4. The Morgan fingerprint density at radius 1 is 1.15 bits per heavy atom. The minimum atomic E-state index is 0.256. The molecule has 0 amide bonds. The first-order valence-electron chi connectivity index (χ1n) is 9.93. The second kappa shape index (κ2) is 5.59. The summed E-state index contributed by atoms with van der Waals surface area (Å²) in [6.45, 7) is 2.16. The molecule has 3 atom stereocenters. The van der Waals surface area contributed by atoms with E-state index in [9.17, 15) is 0 Å². The molecule has 3 heterocycles. The van der Waals surface area contributed by atoms with Crippen LogP contribution >= 0.6 is 0 Å². The lowest BCUT2D eigenvalue weighted by Gasteiger charge is -2.40. The second-order valence-electron chi connectivity index (χ2n) is 8.08. The van der Waals surface area contributed by atoms with Gasteiger partial charge in [0.15, 0.2) is 0 Å². The van der Waals surface area contributed by atoms with Crippen molar-refractivity contribution in [3.8, 4) is 0 Å². The highest BCUT2D eigenvalue weighted by Gasteiger charge is 2.40. The SMILES string of the molecule is CC1=NNC2C=CC3=C(C4=C(CCCC4)C(c4ccc5[nH]ncc5c4)N3)C12. The Bertz CT molecular complexity index is 1070. The highest BCUT2D eigenvalue weighted by Crippen LogP contribution is 2.47. The number of hydrogen-bond acceptors (Lipinski definition) is 4. The molecule has 2 aliphatic carbocycles. The average Bonchev–Trinajstić information content (AvgIpc) is 3.33. The highest BCUT2D eigenvalue weighted by molar-refractivity contribution is 5.91. The molecule has 0 radical (unpaired) electrons. The molecule has 136 valence electrons. The van der Waals surface area contributed by atoms with Crippen molar-refractivity contribution in [2.24, 2.45) is 11.0 Å². The van der Waals surface area contributed by atoms with E-state index in [1.807, 2.05) is 6.20 Å². The molecule has 3 unspecified atom stereocenters. The molecule has 0 fully saturated rings. The molecule has 2 aromatic rings. The topological polar surface area (TPSA) is 65.1 Å². The summed E-state index contributed by atoms with van der Waals surface area (Å²) in [6.07, 6.45) is 11.4. The van der Waals surface area contributed by atoms with Crippen molar-refractivity contribution < 1.29 is 0 Å². The molecule has 1 aromatic heterocycles. The van der Waals surface area contributed by atoms with Gasteiger partial charge in [-0.15, -0.1) is 0 Å². The maximum absolute atomic E-state index is 4.54. The summed E-state index contributed by atoms with van der Waals surface area (Å²) in [5.41, 5.74) is 12.9. The van der Waals surface area contributed by atoms with Crippen molar-refractivity contribution in [3.63, 3.8) is 0 Å². The van der Waals surface area contributed by atoms with Gasteiger partial charge in [0.1, 0.15) is 0 Å². The summed E-state index contributed by atoms with van der Waals surface area (Å²) >= 11 is 0. The van der Waals surface area contributed by atoms with E-state index in [0.29, 0.717) is 12.0 Å². The molecule has 1 aromatic carbocycles. The molecule has 0 spiro atoms. The van der Waals surface area contributed by atoms with Crippen LogP contribution in [0.15, 0.2) is 64.1 Å². The fraction of sp³-hybridized carbons (Fsp3) is 0.364. The molecular weight excluding hydrogens is 334 g/mol. The number of allylic oxidation sites excluding steroid dienone is 2. The molecule has 2 aliphatic heterocycles. The van der Waals surface area contributed by atoms with E-state index in [4.69, 9.17) is 0 Å². The van der Waals surface area contributed by atoms with E-state index in [1.165, 1.54) is 53.6 Å². The van der Waals surface area contributed by atoms with E-state index in [2.05, 4.69) is 63.3 Å². The van der Waals surface area contributed by atoms with Gasteiger partial charge in [0.25, 0.3) is 0 Å². The number of aromatic nitrogens is 2. The van der Waals surface area contributed by atoms with Gasteiger partial charge in [-0.05, 0) is 73.1 Å². The van der Waals surface area contributed by atoms with Crippen molar-refractivity contribution in [1.29, 1.82) is 0 Å². The van der Waals surface area contributed by atoms with Crippen LogP contribution in [0.3, 0.4) is 0 Å². The van der Waals surface area contributed by atoms with Crippen molar-refractivity contribution in [2.45, 2.75) is 44.7 Å². The Balaban J connectivity index is 1.49. The first-order chi connectivity index (χ1) is 13.3. The van der Waals surface area contributed by atoms with Crippen molar-refractivity contribution >= 4 is 16.6 Å². The van der Waals surface area contributed by atoms with E-state index in [1.54, 1.807) is 11.1 Å². The number of benzene rings is 1. The number of nitrogens with zero attached hydrogens (tertiary/aromatic N) is 2. The highest BCUT2D eigenvalue weighted by atomic mass is 15.3. The van der Waals surface area contributed by atoms with Gasteiger partial charge in [-0.3, -0.25) is 5.10 Å². The first-order valence-corrected chi connectivity index (χ1v) is 9.93. The summed E-state index contributed by atoms with van der Waals surface area (Å²) in [4.78, 5) is 0. The van der Waals surface area contributed by atoms with E-state index in [0.717, 1.165) is 5.52 Å². The van der Waals surface area contributed by atoms with Crippen LogP contribution in [-0.4, -0.2) is 22.0 Å². The molecule has 0 saturated heterocycles. The molecule has 3 N–H and O–H groups in total. The number of rotatable bonds is 1. The van der Waals surface area contributed by atoms with Gasteiger partial charge in [0.2, 0.25) is 0 Å². The number of hydrazone groups is 1. The van der Waals surface area contributed by atoms with Crippen LogP contribution in [0.1, 0.15) is 44.2 Å². The lowest BCUT2D eigenvalue weighted by molar-refractivity contribution is 0.523. The fourth-order valence-electron chi connectivity index (χ4n) is 5.28. The summed E-state index contributed by atoms with van der Waals surface area (Å²) in [5.74, 6) is 0.373. The maximum Gasteiger partial charge on any atom is 0.0746 e. The smallest absolute Gasteiger partial charge is 0.0746 e. The third-order valence-electron chi connectivity index (χ3n) is 6.55. The van der Waals surface area contributed by atoms with Gasteiger partial charge in [-0.2, -0.15) is 10.2 Å². The van der Waals surface area contributed by atoms with Crippen LogP contribution in [-0.2, 0) is 0 Å². The Morgan fingerprint density at radius 2 is 2.07 bits per heavy atom. The minimum absolute atomic E-state index is 0.256. The van der Waals surface area contributed by atoms with Gasteiger partial charge in [0, 0.05) is 16.8 Å². The fourth-order valence-corrected chi connectivity index (χ4v) is 5.28. The second-order valence-corrected chi connectivity index (χ2v) is 8.08. The number of dihydropyridines is 1. The van der Waals surface area contributed by atoms with Gasteiger partial charge in [-0.25, -0.2) is 0 Å². The van der Waals surface area contributed by atoms with E-state index < -0.39 is 0 Å². The van der Waals surface area contributed by atoms with Crippen LogP contribution in [0.4, 0.5) is 0 Å². The Hall–Kier alpha value is -2.82. The Kier molecular flexibility index (Phi) is 3.16. The number of H-pyrrole nitrogens is 1. The van der Waals surface area contributed by atoms with Gasteiger partial charge in [-0.1, -0.05) is 12.1 Å². The lowest BCUT2D eigenvalue weighted by atomic mass is 9.71. The predicted molar refractivity (Wildman–Crippen MR) is 107 cm³/mol. The Labute approximate surface area is 158 Å². The lowest BCUT2D eigenvalue weighted by Crippen LogP contribution is -2.39. The van der Waals surface area contributed by atoms with Gasteiger partial charge in [0.05, 0.1) is 29.7 Å². The first kappa shape index (κ1) is 15.3. The zero-order valence-corrected chi connectivity index (χ0v) is 15.4. The van der Waals surface area contributed by atoms with Crippen molar-refractivity contribution in [1.82, 2.24) is 20.9 Å². The molecule has 0 saturated carbocycles. The minimum Gasteiger partial charge on any atom is -0.374 e. The normalized spacial score (nSPS) is 29.1. The van der Waals surface area contributed by atoms with Crippen molar-refractivity contribution in [3.05, 3.63) is 64.5 Å². The third kappa shape index (κ3) is 2.17. The van der Waals surface area contributed by atoms with Crippen molar-refractivity contribution in [2.75, 3.05) is 0 Å². The predicted octanol–water partition coefficient (Wildman–Crippen LogP) is 3.87. The summed E-state index contributed by atoms with van der Waals surface area (Å²) in [7, 11) is 0. The summed E-state index contributed by atoms with van der Waals surface area (Å²) < 4.78 is 0. The molecule has 5 nitrogen and oxygen atoms in total. The summed E-state index contributed by atoms with van der Waals surface area (Å²) in [5, 5.41) is 16.8. The van der Waals surface area contributed by atoms with Crippen LogP contribution < -0.4 is 10.7 Å². The summed E-state index contributed by atoms with van der Waals surface area (Å²) in [6, 6.07) is 7.23. The number of hydrogen-bond donors (Lipinski definition) is 3. The molecule has 27 heavy (non-hydrogen) atoms. The van der Waals surface area contributed by atoms with Crippen LogP contribution in [0.25, 0.3) is 10.9 Å². The average molecular weight is 357 g/mol. The largest absolute Gasteiger partial charge is 0.374 e. The third-order valence-corrected chi connectivity index (χ3v) is 6.55. The molecular formula is C22H23N5. The molecule has 4 aliphatic rings. The van der Waals surface area contributed by atoms with Gasteiger partial charge < -0.3 is 10.7 Å². The molecule has 0 bridgehead atoms. The molecule has 6 rings (SSSR count). The van der Waals surface area contributed by atoms with Crippen LogP contribution in [0.5, 0.6) is 0 Å². The number of nitrogens with one attached hydrogen (secondary N) is 3. The maximum atomic E-state index is 4.54. The monoisotopic (exact) mass is 357 g/mol. The quantitative estimate of drug-likeness (QED) is 0.726. The van der Waals surface area contributed by atoms with E-state index in [-0.39, 0.29) is 6.04 Å². The molecule has 5 heteroatoms. The Morgan fingerprint density at radius 3 is 3.04 bits per heavy atom. The zero-order valence-electron chi connectivity index (χ0n) is 15.4. The zero-order chi connectivity index (χ0) is 18.0. The standard InChI is InChI=1S/C22H23N5/c1-12-20-19(27-25-12)9-8-18-21(20)15-4-2-3-5-16(15)22(24-18)13-6-7-17-14(10-13)11-23-26-17/h6-11,19-20,22,24,27H,2-5H2,1H3,(H,23,26). The van der Waals surface area contributed by atoms with E-state index >= 15 is 0 Å². The van der Waals surface area contributed by atoms with Crippen LogP contribution in [0.2, 0.25) is 0 Å².